The van der Waals surface area contributed by atoms with E-state index in [9.17, 15) is 0 Å². The highest BCUT2D eigenvalue weighted by molar-refractivity contribution is 7.98. The summed E-state index contributed by atoms with van der Waals surface area (Å²) in [6.45, 7) is 0. The van der Waals surface area contributed by atoms with Crippen molar-refractivity contribution in [3.05, 3.63) is 30.1 Å². The molecule has 1 aromatic heterocycles. The van der Waals surface area contributed by atoms with E-state index in [1.54, 1.807) is 0 Å². The van der Waals surface area contributed by atoms with Crippen molar-refractivity contribution < 1.29 is 0 Å². The first-order chi connectivity index (χ1) is 8.93. The molecule has 2 aromatic rings. The standard InChI is InChI=1S/C15H18N2S/c1-2-6-11(7-3-1)15-17-13-9-5-4-8-12(13)16-14(17)10-18-15/h4-5,8-9,11,15H,1-3,6-7,10H2. The van der Waals surface area contributed by atoms with Gasteiger partial charge in [-0.25, -0.2) is 4.98 Å². The van der Waals surface area contributed by atoms with Crippen LogP contribution in [0, 0.1) is 5.92 Å². The Morgan fingerprint density at radius 1 is 1.11 bits per heavy atom. The van der Waals surface area contributed by atoms with Crippen LogP contribution in [0.2, 0.25) is 0 Å². The average Bonchev–Trinajstić information content (AvgIpc) is 2.98. The van der Waals surface area contributed by atoms with E-state index in [2.05, 4.69) is 40.6 Å². The van der Waals surface area contributed by atoms with Gasteiger partial charge in [-0.3, -0.25) is 0 Å². The predicted octanol–water partition coefficient (Wildman–Crippen LogP) is 4.36. The lowest BCUT2D eigenvalue weighted by atomic mass is 9.89. The number of rotatable bonds is 1. The summed E-state index contributed by atoms with van der Waals surface area (Å²) in [4.78, 5) is 4.78. The molecule has 1 atom stereocenters. The maximum absolute atomic E-state index is 4.78. The minimum absolute atomic E-state index is 0.646. The monoisotopic (exact) mass is 258 g/mol. The van der Waals surface area contributed by atoms with E-state index in [1.807, 2.05) is 0 Å². The van der Waals surface area contributed by atoms with Crippen LogP contribution in [0.4, 0.5) is 0 Å². The third-order valence-corrected chi connectivity index (χ3v) is 5.72. The highest BCUT2D eigenvalue weighted by atomic mass is 32.2. The van der Waals surface area contributed by atoms with Crippen molar-refractivity contribution in [2.45, 2.75) is 43.2 Å². The molecular weight excluding hydrogens is 240 g/mol. The van der Waals surface area contributed by atoms with Gasteiger partial charge in [0.25, 0.3) is 0 Å². The first-order valence-corrected chi connectivity index (χ1v) is 8.06. The minimum Gasteiger partial charge on any atom is -0.314 e. The van der Waals surface area contributed by atoms with Crippen LogP contribution in [0.3, 0.4) is 0 Å². The van der Waals surface area contributed by atoms with Gasteiger partial charge in [0, 0.05) is 0 Å². The lowest BCUT2D eigenvalue weighted by Gasteiger charge is -2.28. The van der Waals surface area contributed by atoms with Gasteiger partial charge >= 0.3 is 0 Å². The maximum atomic E-state index is 4.78. The molecule has 0 saturated heterocycles. The molecule has 0 amide bonds. The summed E-state index contributed by atoms with van der Waals surface area (Å²) in [5.41, 5.74) is 2.52. The van der Waals surface area contributed by atoms with Gasteiger partial charge in [-0.15, -0.1) is 11.8 Å². The number of fused-ring (bicyclic) bond motifs is 3. The normalized spacial score (nSPS) is 24.6. The number of benzene rings is 1. The highest BCUT2D eigenvalue weighted by Gasteiger charge is 2.32. The second-order valence-electron chi connectivity index (χ2n) is 5.49. The molecule has 3 heteroatoms. The SMILES string of the molecule is c1ccc2c(c1)nc1n2C(C2CCCCC2)SC1. The maximum Gasteiger partial charge on any atom is 0.120 e. The first kappa shape index (κ1) is 10.9. The van der Waals surface area contributed by atoms with E-state index < -0.39 is 0 Å². The van der Waals surface area contributed by atoms with E-state index >= 15 is 0 Å². The number of aromatic nitrogens is 2. The molecule has 0 spiro atoms. The quantitative estimate of drug-likeness (QED) is 0.756. The molecule has 1 saturated carbocycles. The Morgan fingerprint density at radius 2 is 1.94 bits per heavy atom. The van der Waals surface area contributed by atoms with Crippen LogP contribution in [0.1, 0.15) is 43.3 Å². The molecule has 1 aromatic carbocycles. The van der Waals surface area contributed by atoms with Gasteiger partial charge in [-0.05, 0) is 30.9 Å². The van der Waals surface area contributed by atoms with E-state index in [0.717, 1.165) is 11.7 Å². The molecule has 0 bridgehead atoms. The number of imidazole rings is 1. The minimum atomic E-state index is 0.646. The Hall–Kier alpha value is -0.960. The largest absolute Gasteiger partial charge is 0.314 e. The second-order valence-corrected chi connectivity index (χ2v) is 6.59. The molecule has 1 unspecified atom stereocenters. The van der Waals surface area contributed by atoms with Crippen LogP contribution >= 0.6 is 11.8 Å². The van der Waals surface area contributed by atoms with E-state index in [1.165, 1.54) is 49.0 Å². The van der Waals surface area contributed by atoms with Gasteiger partial charge in [0.2, 0.25) is 0 Å². The van der Waals surface area contributed by atoms with Crippen LogP contribution in [-0.2, 0) is 5.75 Å². The van der Waals surface area contributed by atoms with Gasteiger partial charge in [0.15, 0.2) is 0 Å². The molecule has 1 aliphatic heterocycles. The number of nitrogens with zero attached hydrogens (tertiary/aromatic N) is 2. The molecule has 18 heavy (non-hydrogen) atoms. The number of hydrogen-bond acceptors (Lipinski definition) is 2. The Morgan fingerprint density at radius 3 is 2.83 bits per heavy atom. The van der Waals surface area contributed by atoms with Crippen molar-refractivity contribution in [1.82, 2.24) is 9.55 Å². The Bertz CT molecular complexity index is 569. The molecule has 2 aliphatic rings. The summed E-state index contributed by atoms with van der Waals surface area (Å²) in [5, 5.41) is 0.646. The van der Waals surface area contributed by atoms with Crippen molar-refractivity contribution in [2.75, 3.05) is 0 Å². The van der Waals surface area contributed by atoms with Gasteiger partial charge < -0.3 is 4.57 Å². The van der Waals surface area contributed by atoms with Crippen LogP contribution in [-0.4, -0.2) is 9.55 Å². The molecule has 2 nitrogen and oxygen atoms in total. The predicted molar refractivity (Wildman–Crippen MR) is 76.6 cm³/mol. The molecule has 0 radical (unpaired) electrons. The highest BCUT2D eigenvalue weighted by Crippen LogP contribution is 2.47. The van der Waals surface area contributed by atoms with Gasteiger partial charge in [-0.2, -0.15) is 0 Å². The third-order valence-electron chi connectivity index (χ3n) is 4.36. The van der Waals surface area contributed by atoms with Crippen LogP contribution in [0.5, 0.6) is 0 Å². The fraction of sp³-hybridized carbons (Fsp3) is 0.533. The lowest BCUT2D eigenvalue weighted by molar-refractivity contribution is 0.317. The smallest absolute Gasteiger partial charge is 0.120 e. The second kappa shape index (κ2) is 4.30. The zero-order chi connectivity index (χ0) is 11.9. The number of para-hydroxylation sites is 2. The fourth-order valence-corrected chi connectivity index (χ4v) is 4.93. The van der Waals surface area contributed by atoms with Crippen LogP contribution in [0.15, 0.2) is 24.3 Å². The fourth-order valence-electron chi connectivity index (χ4n) is 3.48. The molecule has 4 rings (SSSR count). The van der Waals surface area contributed by atoms with E-state index in [-0.39, 0.29) is 0 Å². The zero-order valence-corrected chi connectivity index (χ0v) is 11.3. The summed E-state index contributed by atoms with van der Waals surface area (Å²) < 4.78 is 2.52. The van der Waals surface area contributed by atoms with E-state index in [0.29, 0.717) is 5.37 Å². The van der Waals surface area contributed by atoms with Crippen LogP contribution in [0.25, 0.3) is 11.0 Å². The molecule has 1 fully saturated rings. The molecular formula is C15H18N2S. The van der Waals surface area contributed by atoms with Crippen molar-refractivity contribution in [2.24, 2.45) is 5.92 Å². The van der Waals surface area contributed by atoms with Crippen molar-refractivity contribution in [3.8, 4) is 0 Å². The summed E-state index contributed by atoms with van der Waals surface area (Å²) in [6, 6.07) is 8.60. The van der Waals surface area contributed by atoms with Crippen LogP contribution < -0.4 is 0 Å². The Kier molecular flexibility index (Phi) is 2.61. The topological polar surface area (TPSA) is 17.8 Å². The molecule has 1 aliphatic carbocycles. The van der Waals surface area contributed by atoms with Gasteiger partial charge in [-0.1, -0.05) is 31.4 Å². The van der Waals surface area contributed by atoms with E-state index in [4.69, 9.17) is 4.98 Å². The van der Waals surface area contributed by atoms with Gasteiger partial charge in [0.1, 0.15) is 5.82 Å². The van der Waals surface area contributed by atoms with Crippen molar-refractivity contribution in [3.63, 3.8) is 0 Å². The summed E-state index contributed by atoms with van der Waals surface area (Å²) in [5.74, 6) is 3.25. The van der Waals surface area contributed by atoms with Gasteiger partial charge in [0.05, 0.1) is 22.2 Å². The molecule has 0 N–H and O–H groups in total. The number of hydrogen-bond donors (Lipinski definition) is 0. The number of thioether (sulfide) groups is 1. The van der Waals surface area contributed by atoms with Crippen molar-refractivity contribution >= 4 is 22.8 Å². The first-order valence-electron chi connectivity index (χ1n) is 7.01. The summed E-state index contributed by atoms with van der Waals surface area (Å²) in [6.07, 6.45) is 7.09. The summed E-state index contributed by atoms with van der Waals surface area (Å²) >= 11 is 2.10. The Labute approximate surface area is 112 Å². The Balaban J connectivity index is 1.77. The third kappa shape index (κ3) is 1.60. The summed E-state index contributed by atoms with van der Waals surface area (Å²) in [7, 11) is 0. The average molecular weight is 258 g/mol. The molecule has 94 valence electrons. The lowest BCUT2D eigenvalue weighted by Crippen LogP contribution is -2.17. The van der Waals surface area contributed by atoms with Crippen molar-refractivity contribution in [1.29, 1.82) is 0 Å². The zero-order valence-electron chi connectivity index (χ0n) is 10.5. The molecule has 2 heterocycles.